The van der Waals surface area contributed by atoms with Crippen molar-refractivity contribution in [2.24, 2.45) is 0 Å². The Hall–Kier alpha value is -2.04. The molecule has 1 rings (SSSR count). The van der Waals surface area contributed by atoms with Gasteiger partial charge in [-0.2, -0.15) is 0 Å². The molecule has 0 fully saturated rings. The van der Waals surface area contributed by atoms with Crippen LogP contribution in [-0.2, 0) is 4.74 Å². The summed E-state index contributed by atoms with van der Waals surface area (Å²) in [6, 6.07) is 1.25. The summed E-state index contributed by atoms with van der Waals surface area (Å²) in [7, 11) is 0. The molecule has 0 unspecified atom stereocenters. The van der Waals surface area contributed by atoms with E-state index in [2.05, 4.69) is 0 Å². The van der Waals surface area contributed by atoms with E-state index < -0.39 is 17.5 Å². The van der Waals surface area contributed by atoms with Crippen LogP contribution >= 0.6 is 0 Å². The number of rotatable bonds is 3. The monoisotopic (exact) mass is 238 g/mol. The van der Waals surface area contributed by atoms with Crippen molar-refractivity contribution in [3.63, 3.8) is 0 Å². The first-order valence-corrected chi connectivity index (χ1v) is 5.13. The van der Waals surface area contributed by atoms with E-state index in [4.69, 9.17) is 4.74 Å². The lowest BCUT2D eigenvalue weighted by atomic mass is 10.00. The van der Waals surface area contributed by atoms with Crippen LogP contribution in [0.4, 0.5) is 0 Å². The van der Waals surface area contributed by atoms with Gasteiger partial charge in [-0.05, 0) is 32.4 Å². The molecule has 0 amide bonds. The lowest BCUT2D eigenvalue weighted by molar-refractivity contribution is 0.0522. The maximum Gasteiger partial charge on any atom is 0.342 e. The summed E-state index contributed by atoms with van der Waals surface area (Å²) >= 11 is 0. The van der Waals surface area contributed by atoms with Crippen LogP contribution in [0.25, 0.3) is 0 Å². The molecular formula is C12H14O5. The molecule has 0 atom stereocenters. The molecular weight excluding hydrogens is 224 g/mol. The molecule has 92 valence electrons. The first-order chi connectivity index (χ1) is 7.90. The number of phenolic OH excluding ortho intramolecular Hbond substituents is 2. The predicted molar refractivity (Wildman–Crippen MR) is 60.5 cm³/mol. The summed E-state index contributed by atoms with van der Waals surface area (Å²) in [4.78, 5) is 22.9. The Morgan fingerprint density at radius 1 is 1.29 bits per heavy atom. The number of ether oxygens (including phenoxy) is 1. The van der Waals surface area contributed by atoms with E-state index in [0.717, 1.165) is 0 Å². The van der Waals surface area contributed by atoms with E-state index in [1.807, 2.05) is 0 Å². The molecule has 0 aliphatic rings. The Labute approximate surface area is 98.6 Å². The first kappa shape index (κ1) is 13.0. The van der Waals surface area contributed by atoms with Crippen LogP contribution in [0.3, 0.4) is 0 Å². The molecule has 0 aliphatic heterocycles. The molecule has 5 heteroatoms. The van der Waals surface area contributed by atoms with Crippen LogP contribution in [0.1, 0.15) is 40.1 Å². The summed E-state index contributed by atoms with van der Waals surface area (Å²) < 4.78 is 4.77. The van der Waals surface area contributed by atoms with Crippen LogP contribution in [0.2, 0.25) is 0 Å². The number of benzene rings is 1. The standard InChI is InChI=1S/C12H14O5/c1-4-17-12(16)9-6(2)5-8(14)10(7(3)13)11(9)15/h5,14-15H,4H2,1-3H3. The maximum atomic E-state index is 11.6. The highest BCUT2D eigenvalue weighted by Crippen LogP contribution is 2.34. The topological polar surface area (TPSA) is 83.8 Å². The average molecular weight is 238 g/mol. The zero-order chi connectivity index (χ0) is 13.2. The SMILES string of the molecule is CCOC(=O)c1c(C)cc(O)c(C(C)=O)c1O. The molecule has 0 saturated heterocycles. The van der Waals surface area contributed by atoms with Gasteiger partial charge < -0.3 is 14.9 Å². The van der Waals surface area contributed by atoms with Gasteiger partial charge in [0.25, 0.3) is 0 Å². The van der Waals surface area contributed by atoms with Crippen molar-refractivity contribution in [3.8, 4) is 11.5 Å². The van der Waals surface area contributed by atoms with Gasteiger partial charge in [-0.1, -0.05) is 0 Å². The van der Waals surface area contributed by atoms with Gasteiger partial charge in [-0.15, -0.1) is 0 Å². The van der Waals surface area contributed by atoms with Gasteiger partial charge in [-0.25, -0.2) is 4.79 Å². The Kier molecular flexibility index (Phi) is 3.73. The fourth-order valence-corrected chi connectivity index (χ4v) is 1.59. The highest BCUT2D eigenvalue weighted by molar-refractivity contribution is 6.05. The molecule has 0 aromatic heterocycles. The van der Waals surface area contributed by atoms with Crippen LogP contribution in [0.15, 0.2) is 6.07 Å². The summed E-state index contributed by atoms with van der Waals surface area (Å²) in [5.41, 5.74) is -0.00282. The molecule has 0 radical (unpaired) electrons. The van der Waals surface area contributed by atoms with Crippen molar-refractivity contribution in [2.45, 2.75) is 20.8 Å². The summed E-state index contributed by atoms with van der Waals surface area (Å²) in [6.45, 7) is 4.53. The molecule has 5 nitrogen and oxygen atoms in total. The van der Waals surface area contributed by atoms with Gasteiger partial charge in [0.15, 0.2) is 5.78 Å². The largest absolute Gasteiger partial charge is 0.507 e. The Balaban J connectivity index is 3.46. The van der Waals surface area contributed by atoms with E-state index >= 15 is 0 Å². The zero-order valence-electron chi connectivity index (χ0n) is 9.90. The van der Waals surface area contributed by atoms with E-state index in [-0.39, 0.29) is 23.5 Å². The minimum atomic E-state index is -0.718. The van der Waals surface area contributed by atoms with Crippen molar-refractivity contribution < 1.29 is 24.5 Å². The lowest BCUT2D eigenvalue weighted by Gasteiger charge is -2.11. The molecule has 0 aliphatic carbocycles. The van der Waals surface area contributed by atoms with Gasteiger partial charge in [0.2, 0.25) is 0 Å². The number of carbonyl (C=O) groups is 2. The molecule has 17 heavy (non-hydrogen) atoms. The molecule has 0 spiro atoms. The second-order valence-electron chi connectivity index (χ2n) is 3.59. The fourth-order valence-electron chi connectivity index (χ4n) is 1.59. The fraction of sp³-hybridized carbons (Fsp3) is 0.333. The van der Waals surface area contributed by atoms with Gasteiger partial charge in [0.1, 0.15) is 22.6 Å². The maximum absolute atomic E-state index is 11.6. The van der Waals surface area contributed by atoms with Gasteiger partial charge in [0.05, 0.1) is 6.61 Å². The third-order valence-corrected chi connectivity index (χ3v) is 2.31. The second kappa shape index (κ2) is 4.86. The van der Waals surface area contributed by atoms with E-state index in [1.165, 1.54) is 19.9 Å². The van der Waals surface area contributed by atoms with Crippen molar-refractivity contribution in [1.29, 1.82) is 0 Å². The van der Waals surface area contributed by atoms with Crippen molar-refractivity contribution in [1.82, 2.24) is 0 Å². The number of ketones is 1. The summed E-state index contributed by atoms with van der Waals surface area (Å²) in [5.74, 6) is -2.12. The van der Waals surface area contributed by atoms with Crippen LogP contribution in [0.5, 0.6) is 11.5 Å². The number of aromatic hydroxyl groups is 2. The van der Waals surface area contributed by atoms with E-state index in [1.54, 1.807) is 6.92 Å². The third-order valence-electron chi connectivity index (χ3n) is 2.31. The van der Waals surface area contributed by atoms with Crippen molar-refractivity contribution in [3.05, 3.63) is 22.8 Å². The van der Waals surface area contributed by atoms with Gasteiger partial charge in [-0.3, -0.25) is 4.79 Å². The van der Waals surface area contributed by atoms with Crippen LogP contribution < -0.4 is 0 Å². The van der Waals surface area contributed by atoms with Crippen LogP contribution in [0, 0.1) is 6.92 Å². The summed E-state index contributed by atoms with van der Waals surface area (Å²) in [6.07, 6.45) is 0. The Morgan fingerprint density at radius 3 is 2.35 bits per heavy atom. The number of hydrogen-bond acceptors (Lipinski definition) is 5. The second-order valence-corrected chi connectivity index (χ2v) is 3.59. The molecule has 0 saturated carbocycles. The predicted octanol–water partition coefficient (Wildman–Crippen LogP) is 1.79. The Morgan fingerprint density at radius 2 is 1.88 bits per heavy atom. The molecule has 1 aromatic rings. The number of aryl methyl sites for hydroxylation is 1. The van der Waals surface area contributed by atoms with Gasteiger partial charge in [0, 0.05) is 0 Å². The average Bonchev–Trinajstić information content (AvgIpc) is 2.15. The smallest absolute Gasteiger partial charge is 0.342 e. The number of Topliss-reactive ketones (excluding diaryl/α,β-unsaturated/α-hetero) is 1. The summed E-state index contributed by atoms with van der Waals surface area (Å²) in [5, 5.41) is 19.4. The highest BCUT2D eigenvalue weighted by Gasteiger charge is 2.23. The Bertz CT molecular complexity index is 476. The molecule has 0 bridgehead atoms. The number of esters is 1. The number of carbonyl (C=O) groups excluding carboxylic acids is 2. The number of phenols is 2. The van der Waals surface area contributed by atoms with E-state index in [0.29, 0.717) is 5.56 Å². The van der Waals surface area contributed by atoms with E-state index in [9.17, 15) is 19.8 Å². The van der Waals surface area contributed by atoms with Crippen molar-refractivity contribution >= 4 is 11.8 Å². The van der Waals surface area contributed by atoms with Crippen LogP contribution in [-0.4, -0.2) is 28.6 Å². The minimum Gasteiger partial charge on any atom is -0.507 e. The normalized spacial score (nSPS) is 10.1. The van der Waals surface area contributed by atoms with Gasteiger partial charge >= 0.3 is 5.97 Å². The molecule has 2 N–H and O–H groups in total. The third kappa shape index (κ3) is 2.38. The zero-order valence-corrected chi connectivity index (χ0v) is 9.90. The quantitative estimate of drug-likeness (QED) is 0.619. The highest BCUT2D eigenvalue weighted by atomic mass is 16.5. The molecule has 0 heterocycles. The molecule has 1 aromatic carbocycles. The number of hydrogen-bond donors (Lipinski definition) is 2. The van der Waals surface area contributed by atoms with Crippen molar-refractivity contribution in [2.75, 3.05) is 6.61 Å². The minimum absolute atomic E-state index is 0.0881. The first-order valence-electron chi connectivity index (χ1n) is 5.13. The lowest BCUT2D eigenvalue weighted by Crippen LogP contribution is -2.09.